The molecule has 1 heterocycles. The average molecular weight is 490 g/mol. The van der Waals surface area contributed by atoms with E-state index in [4.69, 9.17) is 5.73 Å². The first-order chi connectivity index (χ1) is 16.6. The Bertz CT molecular complexity index is 901. The maximum atomic E-state index is 13.2. The molecule has 1 saturated heterocycles. The monoisotopic (exact) mass is 489 g/mol. The van der Waals surface area contributed by atoms with Crippen LogP contribution in [-0.2, 0) is 30.4 Å². The Morgan fingerprint density at radius 3 is 2.26 bits per heavy atom. The molecule has 0 spiro atoms. The Labute approximate surface area is 204 Å². The zero-order valence-corrected chi connectivity index (χ0v) is 20.1. The van der Waals surface area contributed by atoms with Gasteiger partial charge in [0.1, 0.15) is 18.1 Å². The van der Waals surface area contributed by atoms with Gasteiger partial charge in [0, 0.05) is 12.8 Å². The van der Waals surface area contributed by atoms with Gasteiger partial charge in [-0.05, 0) is 37.3 Å². The van der Waals surface area contributed by atoms with Crippen molar-refractivity contribution in [2.24, 2.45) is 11.7 Å². The zero-order valence-electron chi connectivity index (χ0n) is 20.1. The minimum atomic E-state index is -1.33. The van der Waals surface area contributed by atoms with Crippen LogP contribution in [-0.4, -0.2) is 65.4 Å². The Morgan fingerprint density at radius 2 is 1.71 bits per heavy atom. The molecule has 4 unspecified atom stereocenters. The maximum Gasteiger partial charge on any atom is 0.326 e. The van der Waals surface area contributed by atoms with Crippen molar-refractivity contribution in [2.75, 3.05) is 6.54 Å². The van der Waals surface area contributed by atoms with Crippen LogP contribution in [0.15, 0.2) is 30.3 Å². The van der Waals surface area contributed by atoms with Crippen molar-refractivity contribution in [1.82, 2.24) is 21.3 Å². The van der Waals surface area contributed by atoms with Crippen LogP contribution in [0, 0.1) is 5.92 Å². The van der Waals surface area contributed by atoms with E-state index >= 15 is 0 Å². The Morgan fingerprint density at radius 1 is 1.03 bits per heavy atom. The molecular formula is C24H35N5O6. The first-order valence-electron chi connectivity index (χ1n) is 11.8. The predicted octanol–water partition coefficient (Wildman–Crippen LogP) is -0.558. The minimum absolute atomic E-state index is 0.170. The summed E-state index contributed by atoms with van der Waals surface area (Å²) in [6.07, 6.45) is 1.37. The number of carboxylic acids is 1. The Hall–Kier alpha value is -3.47. The van der Waals surface area contributed by atoms with Crippen LogP contribution in [0.1, 0.15) is 45.1 Å². The Kier molecular flexibility index (Phi) is 10.7. The van der Waals surface area contributed by atoms with Crippen LogP contribution >= 0.6 is 0 Å². The summed E-state index contributed by atoms with van der Waals surface area (Å²) in [5.74, 6) is -3.93. The fraction of sp³-hybridized carbons (Fsp3) is 0.542. The molecule has 1 fully saturated rings. The molecule has 0 aliphatic carbocycles. The molecule has 11 nitrogen and oxygen atoms in total. The molecule has 0 aromatic heterocycles. The summed E-state index contributed by atoms with van der Waals surface area (Å²) in [6, 6.07) is 5.46. The molecule has 1 aromatic carbocycles. The van der Waals surface area contributed by atoms with Crippen molar-refractivity contribution in [3.63, 3.8) is 0 Å². The van der Waals surface area contributed by atoms with Crippen LogP contribution in [0.2, 0.25) is 0 Å². The van der Waals surface area contributed by atoms with Crippen LogP contribution in [0.5, 0.6) is 0 Å². The minimum Gasteiger partial charge on any atom is -0.480 e. The van der Waals surface area contributed by atoms with E-state index in [2.05, 4.69) is 21.3 Å². The smallest absolute Gasteiger partial charge is 0.326 e. The normalized spacial score (nSPS) is 17.7. The molecule has 0 saturated carbocycles. The number of hydrogen-bond acceptors (Lipinski definition) is 6. The summed E-state index contributed by atoms with van der Waals surface area (Å²) in [4.78, 5) is 61.4. The van der Waals surface area contributed by atoms with Crippen LogP contribution in [0.4, 0.5) is 0 Å². The summed E-state index contributed by atoms with van der Waals surface area (Å²) in [7, 11) is 0. The highest BCUT2D eigenvalue weighted by atomic mass is 16.4. The molecule has 1 aliphatic rings. The fourth-order valence-electron chi connectivity index (χ4n) is 3.83. The lowest BCUT2D eigenvalue weighted by atomic mass is 10.00. The van der Waals surface area contributed by atoms with Crippen molar-refractivity contribution in [2.45, 2.75) is 70.1 Å². The van der Waals surface area contributed by atoms with Crippen LogP contribution in [0.25, 0.3) is 0 Å². The zero-order chi connectivity index (χ0) is 26.0. The van der Waals surface area contributed by atoms with Crippen molar-refractivity contribution >= 4 is 29.6 Å². The van der Waals surface area contributed by atoms with Gasteiger partial charge in [0.25, 0.3) is 0 Å². The first-order valence-corrected chi connectivity index (χ1v) is 11.8. The molecular weight excluding hydrogens is 454 g/mol. The maximum absolute atomic E-state index is 13.2. The average Bonchev–Trinajstić information content (AvgIpc) is 3.34. The number of nitrogens with two attached hydrogens (primary N) is 1. The summed E-state index contributed by atoms with van der Waals surface area (Å²) >= 11 is 0. The highest BCUT2D eigenvalue weighted by Gasteiger charge is 2.33. The van der Waals surface area contributed by atoms with E-state index in [9.17, 15) is 29.1 Å². The van der Waals surface area contributed by atoms with Gasteiger partial charge in [0.2, 0.25) is 23.6 Å². The largest absolute Gasteiger partial charge is 0.480 e. The van der Waals surface area contributed by atoms with E-state index in [1.807, 2.05) is 30.3 Å². The number of carboxylic acid groups (broad SMARTS) is 1. The standard InChI is InChI=1S/C24H35N5O6/c1-14(2)20(23(33)27-17(24(34)35)10-11-19(25)30)29-22(32)18(13-15-7-4-3-5-8-15)28-21(31)16-9-6-12-26-16/h3-5,7-8,14,16-18,20,26H,6,9-13H2,1-2H3,(H2,25,30)(H,27,33)(H,28,31)(H,29,32)(H,34,35). The van der Waals surface area contributed by atoms with Gasteiger partial charge >= 0.3 is 5.97 Å². The fourth-order valence-corrected chi connectivity index (χ4v) is 3.83. The Balaban J connectivity index is 2.14. The molecule has 7 N–H and O–H groups in total. The van der Waals surface area contributed by atoms with Gasteiger partial charge in [-0.1, -0.05) is 44.2 Å². The number of amides is 4. The highest BCUT2D eigenvalue weighted by Crippen LogP contribution is 2.10. The topological polar surface area (TPSA) is 180 Å². The summed E-state index contributed by atoms with van der Waals surface area (Å²) < 4.78 is 0. The number of aliphatic carboxylic acids is 1. The van der Waals surface area contributed by atoms with Gasteiger partial charge in [0.15, 0.2) is 0 Å². The second-order valence-electron chi connectivity index (χ2n) is 9.03. The van der Waals surface area contributed by atoms with E-state index in [1.165, 1.54) is 0 Å². The number of carbonyl (C=O) groups excluding carboxylic acids is 4. The van der Waals surface area contributed by atoms with E-state index in [0.29, 0.717) is 6.42 Å². The van der Waals surface area contributed by atoms with E-state index in [-0.39, 0.29) is 37.1 Å². The number of benzene rings is 1. The molecule has 192 valence electrons. The number of rotatable bonds is 13. The van der Waals surface area contributed by atoms with Crippen molar-refractivity contribution < 1.29 is 29.1 Å². The second kappa shape index (κ2) is 13.4. The molecule has 0 radical (unpaired) electrons. The summed E-state index contributed by atoms with van der Waals surface area (Å²) in [6.45, 7) is 4.14. The van der Waals surface area contributed by atoms with E-state index in [1.54, 1.807) is 13.8 Å². The summed E-state index contributed by atoms with van der Waals surface area (Å²) in [5.41, 5.74) is 5.92. The summed E-state index contributed by atoms with van der Waals surface area (Å²) in [5, 5.41) is 20.3. The second-order valence-corrected chi connectivity index (χ2v) is 9.03. The third-order valence-electron chi connectivity index (χ3n) is 5.83. The number of carbonyl (C=O) groups is 5. The lowest BCUT2D eigenvalue weighted by Gasteiger charge is -2.27. The number of primary amides is 1. The van der Waals surface area contributed by atoms with Gasteiger partial charge in [-0.3, -0.25) is 19.2 Å². The molecule has 35 heavy (non-hydrogen) atoms. The van der Waals surface area contributed by atoms with Gasteiger partial charge in [0.05, 0.1) is 6.04 Å². The van der Waals surface area contributed by atoms with Gasteiger partial charge in [-0.15, -0.1) is 0 Å². The third-order valence-corrected chi connectivity index (χ3v) is 5.83. The van der Waals surface area contributed by atoms with E-state index in [0.717, 1.165) is 18.5 Å². The van der Waals surface area contributed by atoms with E-state index < -0.39 is 41.8 Å². The van der Waals surface area contributed by atoms with Crippen molar-refractivity contribution in [3.8, 4) is 0 Å². The first kappa shape index (κ1) is 27.8. The number of nitrogens with one attached hydrogen (secondary N) is 4. The molecule has 1 aliphatic heterocycles. The number of hydrogen-bond donors (Lipinski definition) is 6. The third kappa shape index (κ3) is 9.01. The molecule has 4 atom stereocenters. The molecule has 4 amide bonds. The highest BCUT2D eigenvalue weighted by molar-refractivity contribution is 5.94. The molecule has 0 bridgehead atoms. The van der Waals surface area contributed by atoms with Gasteiger partial charge < -0.3 is 32.1 Å². The van der Waals surface area contributed by atoms with Crippen molar-refractivity contribution in [1.29, 1.82) is 0 Å². The molecule has 1 aromatic rings. The molecule has 2 rings (SSSR count). The quantitative estimate of drug-likeness (QED) is 0.215. The molecule has 11 heteroatoms. The SMILES string of the molecule is CC(C)C(NC(=O)C(Cc1ccccc1)NC(=O)C1CCCN1)C(=O)NC(CCC(N)=O)C(=O)O. The van der Waals surface area contributed by atoms with Crippen molar-refractivity contribution in [3.05, 3.63) is 35.9 Å². The lowest BCUT2D eigenvalue weighted by Crippen LogP contribution is -2.58. The van der Waals surface area contributed by atoms with Gasteiger partial charge in [-0.25, -0.2) is 4.79 Å². The predicted molar refractivity (Wildman–Crippen MR) is 128 cm³/mol. The van der Waals surface area contributed by atoms with Gasteiger partial charge in [-0.2, -0.15) is 0 Å². The lowest BCUT2D eigenvalue weighted by molar-refractivity contribution is -0.143. The van der Waals surface area contributed by atoms with Crippen LogP contribution in [0.3, 0.4) is 0 Å². The van der Waals surface area contributed by atoms with Crippen LogP contribution < -0.4 is 27.0 Å².